The molecule has 0 bridgehead atoms. The van der Waals surface area contributed by atoms with Crippen LogP contribution in [0.1, 0.15) is 0 Å². The summed E-state index contributed by atoms with van der Waals surface area (Å²) in [7, 11) is 0. The van der Waals surface area contributed by atoms with Gasteiger partial charge in [-0.15, -0.1) is 0 Å². The zero-order valence-electron chi connectivity index (χ0n) is 5.46. The predicted octanol–water partition coefficient (Wildman–Crippen LogP) is -0.943. The Morgan fingerprint density at radius 1 is 1.33 bits per heavy atom. The van der Waals surface area contributed by atoms with Crippen LogP contribution in [0.3, 0.4) is 0 Å². The molecule has 0 atom stereocenters. The quantitative estimate of drug-likeness (QED) is 0.299. The van der Waals surface area contributed by atoms with Gasteiger partial charge in [0, 0.05) is 13.1 Å². The third-order valence-electron chi connectivity index (χ3n) is 0.167. The van der Waals surface area contributed by atoms with Crippen molar-refractivity contribution in [1.29, 1.82) is 0 Å². The van der Waals surface area contributed by atoms with Crippen LogP contribution in [-0.2, 0) is 12.6 Å². The zero-order chi connectivity index (χ0) is 6.99. The molecule has 58 valence electrons. The molecular formula is C3H14N4S2. The topological polar surface area (TPSA) is 115 Å². The summed E-state index contributed by atoms with van der Waals surface area (Å²) in [6.45, 7) is 1.19. The van der Waals surface area contributed by atoms with Crippen molar-refractivity contribution in [2.75, 3.05) is 13.1 Å². The molecule has 0 fully saturated rings. The smallest absolute Gasteiger partial charge is 0.00461 e. The highest BCUT2D eigenvalue weighted by Crippen LogP contribution is 1.45. The monoisotopic (exact) mass is 170 g/mol. The number of hydrogen-bond donors (Lipinski definition) is 4. The zero-order valence-corrected chi connectivity index (χ0v) is 7.10. The first-order valence-corrected chi connectivity index (χ1v) is 2.83. The van der Waals surface area contributed by atoms with E-state index < -0.39 is 0 Å². The summed E-state index contributed by atoms with van der Waals surface area (Å²) in [5, 5.41) is 0. The van der Waals surface area contributed by atoms with Gasteiger partial charge in [-0.1, -0.05) is 4.32 Å². The van der Waals surface area contributed by atoms with Crippen LogP contribution in [0.5, 0.6) is 0 Å². The molecule has 0 aliphatic rings. The van der Waals surface area contributed by atoms with Crippen LogP contribution < -0.4 is 23.4 Å². The summed E-state index contributed by atoms with van der Waals surface area (Å²) in [6, 6.07) is 0. The normalized spacial score (nSPS) is 6.00. The third-order valence-corrected chi connectivity index (χ3v) is 0.167. The molecule has 0 aliphatic heterocycles. The first-order valence-electron chi connectivity index (χ1n) is 2.01. The summed E-state index contributed by atoms with van der Waals surface area (Å²) >= 11 is 8.26. The van der Waals surface area contributed by atoms with Crippen molar-refractivity contribution in [2.24, 2.45) is 17.2 Å². The lowest BCUT2D eigenvalue weighted by Gasteiger charge is -1.83. The van der Waals surface area contributed by atoms with Gasteiger partial charge in [0.25, 0.3) is 0 Å². The molecule has 4 nitrogen and oxygen atoms in total. The van der Waals surface area contributed by atoms with E-state index in [2.05, 4.69) is 30.6 Å². The Hall–Kier alpha value is -0.0100. The fourth-order valence-electron chi connectivity index (χ4n) is 0. The highest BCUT2D eigenvalue weighted by atomic mass is 32.1. The van der Waals surface area contributed by atoms with Gasteiger partial charge < -0.3 is 48.2 Å². The van der Waals surface area contributed by atoms with Gasteiger partial charge in [-0.2, -0.15) is 0 Å². The molecule has 0 radical (unpaired) electrons. The number of rotatable bonds is 1. The van der Waals surface area contributed by atoms with Crippen molar-refractivity contribution < 1.29 is 0 Å². The second kappa shape index (κ2) is 15.7. The van der Waals surface area contributed by atoms with Crippen molar-refractivity contribution in [3.05, 3.63) is 0 Å². The van der Waals surface area contributed by atoms with Gasteiger partial charge in [0.15, 0.2) is 0 Å². The average molecular weight is 170 g/mol. The first kappa shape index (κ1) is 16.0. The van der Waals surface area contributed by atoms with E-state index in [9.17, 15) is 0 Å². The van der Waals surface area contributed by atoms with Crippen LogP contribution in [0.15, 0.2) is 0 Å². The van der Waals surface area contributed by atoms with Crippen LogP contribution >= 0.6 is 12.2 Å². The van der Waals surface area contributed by atoms with E-state index >= 15 is 0 Å². The van der Waals surface area contributed by atoms with Crippen LogP contribution in [0.25, 0.3) is 0 Å². The lowest BCUT2D eigenvalue weighted by molar-refractivity contribution is 0.976. The van der Waals surface area contributed by atoms with Gasteiger partial charge >= 0.3 is 0 Å². The lowest BCUT2D eigenvalue weighted by atomic mass is 10.7. The molecule has 0 amide bonds. The number of thiocarbonyl (C=S) groups is 1. The largest absolute Gasteiger partial charge is 0.415 e. The average Bonchev–Trinajstić information content (AvgIpc) is 1.65. The van der Waals surface area contributed by atoms with Crippen molar-refractivity contribution in [1.82, 2.24) is 6.15 Å². The number of quaternary nitrogens is 1. The maximum Gasteiger partial charge on any atom is 0.00461 e. The summed E-state index contributed by atoms with van der Waals surface area (Å²) < 4.78 is 0.0833. The van der Waals surface area contributed by atoms with Crippen LogP contribution in [0.4, 0.5) is 0 Å². The Kier molecular flexibility index (Phi) is 27.9. The van der Waals surface area contributed by atoms with Crippen molar-refractivity contribution in [2.45, 2.75) is 0 Å². The predicted molar refractivity (Wildman–Crippen MR) is 48.2 cm³/mol. The summed E-state index contributed by atoms with van der Waals surface area (Å²) in [5.74, 6) is 0. The molecule has 6 heteroatoms. The van der Waals surface area contributed by atoms with Crippen LogP contribution in [0.2, 0.25) is 0 Å². The van der Waals surface area contributed by atoms with Crippen molar-refractivity contribution in [3.63, 3.8) is 0 Å². The summed E-state index contributed by atoms with van der Waals surface area (Å²) in [6.07, 6.45) is 0. The minimum absolute atomic E-state index is 0. The van der Waals surface area contributed by atoms with Crippen LogP contribution in [0, 0.1) is 0 Å². The molecule has 0 aromatic rings. The van der Waals surface area contributed by atoms with Crippen LogP contribution in [-0.4, -0.2) is 17.4 Å². The Balaban J connectivity index is -0.0000000720. The second-order valence-electron chi connectivity index (χ2n) is 0.896. The van der Waals surface area contributed by atoms with Gasteiger partial charge in [0.2, 0.25) is 0 Å². The minimum Gasteiger partial charge on any atom is -0.415 e. The standard InChI is InChI=1S/C2H8N2.CH3NS2.H3N/c3-1-2-4;2-1(3)4;/h1-4H2;(H3,2,3,4);1H3. The molecule has 0 saturated carbocycles. The van der Waals surface area contributed by atoms with Gasteiger partial charge in [-0.05, 0) is 0 Å². The third kappa shape index (κ3) is 293. The Morgan fingerprint density at radius 3 is 1.44 bits per heavy atom. The molecule has 0 heterocycles. The SMILES string of the molecule is NC(=S)[S-].NCCN.[NH4+]. The molecule has 0 spiro atoms. The number of hydrogen-bond acceptors (Lipinski definition) is 4. The van der Waals surface area contributed by atoms with Gasteiger partial charge in [-0.25, -0.2) is 0 Å². The molecule has 0 aliphatic carbocycles. The maximum atomic E-state index is 4.90. The van der Waals surface area contributed by atoms with E-state index in [0.717, 1.165) is 0 Å². The Morgan fingerprint density at radius 2 is 1.44 bits per heavy atom. The number of nitrogens with two attached hydrogens (primary N) is 3. The molecule has 10 N–H and O–H groups in total. The van der Waals surface area contributed by atoms with Gasteiger partial charge in [0.1, 0.15) is 0 Å². The Labute approximate surface area is 66.1 Å². The highest BCUT2D eigenvalue weighted by Gasteiger charge is 1.54. The molecule has 9 heavy (non-hydrogen) atoms. The van der Waals surface area contributed by atoms with Gasteiger partial charge in [-0.3, -0.25) is 0 Å². The van der Waals surface area contributed by atoms with Crippen molar-refractivity contribution in [3.8, 4) is 0 Å². The molecule has 0 rings (SSSR count). The van der Waals surface area contributed by atoms with E-state index in [4.69, 9.17) is 11.5 Å². The van der Waals surface area contributed by atoms with E-state index in [1.807, 2.05) is 0 Å². The fourth-order valence-corrected chi connectivity index (χ4v) is 0. The summed E-state index contributed by atoms with van der Waals surface area (Å²) in [4.78, 5) is 0. The molecular weight excluding hydrogens is 156 g/mol. The highest BCUT2D eigenvalue weighted by molar-refractivity contribution is 8.00. The second-order valence-corrected chi connectivity index (χ2v) is 2.03. The van der Waals surface area contributed by atoms with E-state index in [1.165, 1.54) is 0 Å². The first-order chi connectivity index (χ1) is 3.65. The van der Waals surface area contributed by atoms with Crippen molar-refractivity contribution >= 4 is 29.2 Å². The molecule has 0 aromatic heterocycles. The lowest BCUT2D eigenvalue weighted by Crippen LogP contribution is -2.11. The molecule has 0 saturated heterocycles. The van der Waals surface area contributed by atoms with Gasteiger partial charge in [0.05, 0.1) is 0 Å². The molecule has 0 aromatic carbocycles. The summed E-state index contributed by atoms with van der Waals surface area (Å²) in [5.41, 5.74) is 14.5. The minimum atomic E-state index is 0. The maximum absolute atomic E-state index is 4.90. The molecule has 0 unspecified atom stereocenters. The van der Waals surface area contributed by atoms with E-state index in [1.54, 1.807) is 0 Å². The van der Waals surface area contributed by atoms with E-state index in [-0.39, 0.29) is 10.5 Å². The Bertz CT molecular complexity index is 51.8. The fraction of sp³-hybridized carbons (Fsp3) is 0.667. The van der Waals surface area contributed by atoms with E-state index in [0.29, 0.717) is 13.1 Å².